The molecule has 2 aromatic carbocycles. The normalized spacial score (nSPS) is 41.3. The van der Waals surface area contributed by atoms with Crippen molar-refractivity contribution in [2.24, 2.45) is 76.4 Å². The van der Waals surface area contributed by atoms with Crippen LogP contribution in [0.3, 0.4) is 0 Å². The Balaban J connectivity index is 0.766. The molecular weight excluding hydrogens is 955 g/mol. The van der Waals surface area contributed by atoms with Crippen molar-refractivity contribution in [3.8, 4) is 17.2 Å². The van der Waals surface area contributed by atoms with Crippen LogP contribution in [0.4, 0.5) is 0 Å². The SMILES string of the molecule is CC1(CC(=O)OOc2cc(OCC(=O)OC3(C)C4CC5CC(C4)CC3C5)ccc2[Te](Cl)(Cl)c2ccc(OCC(=O)OC3(C)C4CC5CC(C4)CC3C5)cc2)C2CC3CC(C2)CC1C3. The first-order valence-electron chi connectivity index (χ1n) is 24.2. The van der Waals surface area contributed by atoms with Crippen molar-refractivity contribution in [3.05, 3.63) is 42.5 Å². The van der Waals surface area contributed by atoms with E-state index in [0.29, 0.717) is 54.2 Å². The fourth-order valence-corrected chi connectivity index (χ4v) is 22.9. The number of benzene rings is 2. The van der Waals surface area contributed by atoms with Crippen LogP contribution in [0.5, 0.6) is 17.2 Å². The number of halogens is 2. The van der Waals surface area contributed by atoms with Crippen molar-refractivity contribution in [1.82, 2.24) is 0 Å². The summed E-state index contributed by atoms with van der Waals surface area (Å²) in [7, 11) is 14.8. The molecule has 9 nitrogen and oxygen atoms in total. The van der Waals surface area contributed by atoms with Crippen LogP contribution < -0.4 is 21.6 Å². The Labute approximate surface area is 383 Å². The van der Waals surface area contributed by atoms with Gasteiger partial charge in [-0.1, -0.05) is 0 Å². The first-order valence-corrected chi connectivity index (χ1v) is 32.4. The van der Waals surface area contributed by atoms with E-state index in [1.807, 2.05) is 12.1 Å². The van der Waals surface area contributed by atoms with Crippen molar-refractivity contribution in [3.63, 3.8) is 0 Å². The van der Waals surface area contributed by atoms with Crippen molar-refractivity contribution < 1.29 is 43.1 Å². The van der Waals surface area contributed by atoms with Crippen LogP contribution in [0.2, 0.25) is 0 Å². The van der Waals surface area contributed by atoms with Gasteiger partial charge in [0.1, 0.15) is 0 Å². The van der Waals surface area contributed by atoms with Gasteiger partial charge in [0.2, 0.25) is 0 Å². The fourth-order valence-electron chi connectivity index (χ4n) is 16.1. The molecule has 0 atom stereocenters. The summed E-state index contributed by atoms with van der Waals surface area (Å²) >= 11 is -4.26. The number of carbonyl (C=O) groups is 3. The first kappa shape index (κ1) is 43.2. The van der Waals surface area contributed by atoms with Gasteiger partial charge < -0.3 is 0 Å². The summed E-state index contributed by atoms with van der Waals surface area (Å²) in [5, 5.41) is 0. The van der Waals surface area contributed by atoms with Gasteiger partial charge in [-0.3, -0.25) is 0 Å². The van der Waals surface area contributed by atoms with Crippen molar-refractivity contribution >= 4 is 59.0 Å². The van der Waals surface area contributed by atoms with Gasteiger partial charge in [-0.15, -0.1) is 0 Å². The Morgan fingerprint density at radius 2 is 0.937 bits per heavy atom. The predicted molar refractivity (Wildman–Crippen MR) is 240 cm³/mol. The monoisotopic (exact) mass is 1020 g/mol. The Bertz CT molecular complexity index is 2040. The maximum atomic E-state index is 13.7. The van der Waals surface area contributed by atoms with E-state index in [2.05, 4.69) is 20.8 Å². The molecule has 12 fully saturated rings. The number of carbonyl (C=O) groups excluding carboxylic acids is 3. The van der Waals surface area contributed by atoms with E-state index in [1.165, 1.54) is 44.9 Å². The standard InChI is InChI=1S/C51H64Cl2O9Te/c1-49(35-13-29-10-30(15-35)16-36(49)14-29)26-46(54)62-61-44-25-42(58-28-48(56)60-51(3)39-21-33-12-34(23-39)24-40(51)22-33)6-9-45(44)63(52,53)43-7-4-41(5-8-43)57-27-47(55)59-50(2)37-17-31-11-32(19-37)20-38(50)18-31/h4-9,25,29-40H,10-24,26-28H2,1-3H3. The summed E-state index contributed by atoms with van der Waals surface area (Å²) in [5.41, 5.74) is -1.00. The average molecular weight is 1020 g/mol. The van der Waals surface area contributed by atoms with E-state index in [9.17, 15) is 14.4 Å². The molecule has 2 aromatic rings. The molecule has 12 heteroatoms. The molecule has 342 valence electrons. The first-order chi connectivity index (χ1) is 30.1. The Morgan fingerprint density at radius 1 is 0.540 bits per heavy atom. The summed E-state index contributed by atoms with van der Waals surface area (Å²) in [6, 6.07) is 12.2. The number of esters is 2. The third-order valence-corrected chi connectivity index (χ3v) is 28.6. The molecule has 0 radical (unpaired) electrons. The minimum absolute atomic E-state index is 0.121. The third kappa shape index (κ3) is 7.87. The second kappa shape index (κ2) is 16.2. The van der Waals surface area contributed by atoms with Crippen LogP contribution in [-0.2, 0) is 28.7 Å². The quantitative estimate of drug-likeness (QED) is 0.0792. The van der Waals surface area contributed by atoms with Crippen LogP contribution in [0.1, 0.15) is 124 Å². The Morgan fingerprint density at radius 3 is 1.38 bits per heavy atom. The van der Waals surface area contributed by atoms with Gasteiger partial charge in [0, 0.05) is 0 Å². The van der Waals surface area contributed by atoms with Gasteiger partial charge >= 0.3 is 373 Å². The van der Waals surface area contributed by atoms with Gasteiger partial charge in [0.15, 0.2) is 0 Å². The second-order valence-corrected chi connectivity index (χ2v) is 35.1. The molecule has 12 bridgehead atoms. The predicted octanol–water partition coefficient (Wildman–Crippen LogP) is 9.68. The molecule has 0 saturated heterocycles. The average Bonchev–Trinajstić information content (AvgIpc) is 3.24. The molecule has 14 rings (SSSR count). The van der Waals surface area contributed by atoms with Crippen molar-refractivity contribution in [2.75, 3.05) is 13.2 Å². The van der Waals surface area contributed by atoms with Gasteiger partial charge in [0.25, 0.3) is 0 Å². The maximum absolute atomic E-state index is 13.7. The summed E-state index contributed by atoms with van der Waals surface area (Å²) in [5.74, 6) is 7.23. The van der Waals surface area contributed by atoms with Crippen LogP contribution in [0.15, 0.2) is 42.5 Å². The summed E-state index contributed by atoms with van der Waals surface area (Å²) in [6.45, 7) is 6.07. The van der Waals surface area contributed by atoms with Gasteiger partial charge in [-0.25, -0.2) is 0 Å². The topological polar surface area (TPSA) is 107 Å². The zero-order valence-electron chi connectivity index (χ0n) is 37.0. The Kier molecular flexibility index (Phi) is 11.1. The van der Waals surface area contributed by atoms with E-state index in [-0.39, 0.29) is 36.8 Å². The van der Waals surface area contributed by atoms with Crippen molar-refractivity contribution in [2.45, 2.75) is 135 Å². The van der Waals surface area contributed by atoms with E-state index in [4.69, 9.17) is 46.6 Å². The molecule has 12 aliphatic carbocycles. The molecule has 63 heavy (non-hydrogen) atoms. The molecule has 12 saturated carbocycles. The molecule has 0 unspecified atom stereocenters. The van der Waals surface area contributed by atoms with Crippen LogP contribution >= 0.6 is 17.9 Å². The zero-order valence-corrected chi connectivity index (χ0v) is 40.9. The fraction of sp³-hybridized carbons (Fsp3) is 0.706. The van der Waals surface area contributed by atoms with E-state index >= 15 is 0 Å². The molecule has 0 heterocycles. The van der Waals surface area contributed by atoms with Crippen LogP contribution in [-0.4, -0.2) is 58.3 Å². The minimum atomic E-state index is -4.26. The molecule has 0 amide bonds. The van der Waals surface area contributed by atoms with E-state index < -0.39 is 39.1 Å². The number of ether oxygens (including phenoxy) is 4. The van der Waals surface area contributed by atoms with Crippen LogP contribution in [0.25, 0.3) is 0 Å². The van der Waals surface area contributed by atoms with E-state index in [1.54, 1.807) is 30.3 Å². The third-order valence-electron chi connectivity index (χ3n) is 19.0. The second-order valence-electron chi connectivity index (χ2n) is 22.6. The molecule has 0 spiro atoms. The Hall–Kier alpha value is -2.38. The zero-order chi connectivity index (χ0) is 43.5. The van der Waals surface area contributed by atoms with Gasteiger partial charge in [0.05, 0.1) is 0 Å². The molecular formula is C51H64Cl2O9Te. The summed E-state index contributed by atoms with van der Waals surface area (Å²) in [4.78, 5) is 51.8. The molecule has 0 aliphatic heterocycles. The van der Waals surface area contributed by atoms with Crippen LogP contribution in [0, 0.1) is 76.4 Å². The van der Waals surface area contributed by atoms with Gasteiger partial charge in [-0.05, 0) is 12.8 Å². The van der Waals surface area contributed by atoms with Gasteiger partial charge in [-0.2, -0.15) is 0 Å². The number of hydrogen-bond donors (Lipinski definition) is 0. The summed E-state index contributed by atoms with van der Waals surface area (Å²) in [6.07, 6.45) is 18.2. The number of rotatable bonds is 14. The van der Waals surface area contributed by atoms with Crippen molar-refractivity contribution in [1.29, 1.82) is 0 Å². The number of hydrogen-bond acceptors (Lipinski definition) is 9. The van der Waals surface area contributed by atoms with E-state index in [0.717, 1.165) is 86.9 Å². The molecule has 12 aliphatic rings. The molecule has 0 N–H and O–H groups in total. The summed E-state index contributed by atoms with van der Waals surface area (Å²) < 4.78 is 25.7. The molecule has 0 aromatic heterocycles.